The first-order valence-electron chi connectivity index (χ1n) is 10.3. The van der Waals surface area contributed by atoms with Crippen LogP contribution in [-0.4, -0.2) is 32.1 Å². The van der Waals surface area contributed by atoms with E-state index in [4.69, 9.17) is 11.6 Å². The molecule has 2 aromatic carbocycles. The van der Waals surface area contributed by atoms with Crippen LogP contribution in [0.5, 0.6) is 0 Å². The predicted molar refractivity (Wildman–Crippen MR) is 118 cm³/mol. The lowest BCUT2D eigenvalue weighted by atomic mass is 9.95. The number of nitrogens with one attached hydrogen (secondary N) is 4. The third-order valence-corrected chi connectivity index (χ3v) is 6.89. The smallest absolute Gasteiger partial charge is 0.257 e. The average Bonchev–Trinajstić information content (AvgIpc) is 3.50. The van der Waals surface area contributed by atoms with Gasteiger partial charge in [0.2, 0.25) is 5.95 Å². The monoisotopic (exact) mass is 420 g/mol. The fraction of sp³-hybridized carbons (Fsp3) is 0.318. The summed E-state index contributed by atoms with van der Waals surface area (Å²) in [6.45, 7) is 0. The van der Waals surface area contributed by atoms with E-state index in [1.807, 2.05) is 18.2 Å². The number of nitrogens with zero attached hydrogens (tertiary/aromatic N) is 2. The minimum atomic E-state index is -0.272. The van der Waals surface area contributed by atoms with Crippen LogP contribution in [0.4, 0.5) is 11.6 Å². The van der Waals surface area contributed by atoms with Crippen LogP contribution in [0.15, 0.2) is 36.5 Å². The van der Waals surface area contributed by atoms with Gasteiger partial charge in [0, 0.05) is 17.1 Å². The molecule has 4 aromatic rings. The molecule has 30 heavy (non-hydrogen) atoms. The molecule has 2 saturated carbocycles. The third kappa shape index (κ3) is 3.01. The zero-order valence-electron chi connectivity index (χ0n) is 16.2. The molecule has 4 N–H and O–H groups in total. The lowest BCUT2D eigenvalue weighted by Crippen LogP contribution is -2.26. The third-order valence-electron chi connectivity index (χ3n) is 6.58. The van der Waals surface area contributed by atoms with Crippen LogP contribution in [0, 0.1) is 11.8 Å². The minimum Gasteiger partial charge on any atom is -0.353 e. The van der Waals surface area contributed by atoms with E-state index in [1.54, 1.807) is 18.3 Å². The highest BCUT2D eigenvalue weighted by Crippen LogP contribution is 2.45. The van der Waals surface area contributed by atoms with Crippen molar-refractivity contribution in [1.82, 2.24) is 20.2 Å². The fourth-order valence-corrected chi connectivity index (χ4v) is 5.33. The van der Waals surface area contributed by atoms with Gasteiger partial charge in [-0.05, 0) is 61.4 Å². The van der Waals surface area contributed by atoms with E-state index in [9.17, 15) is 4.79 Å². The maximum Gasteiger partial charge on any atom is 0.257 e. The van der Waals surface area contributed by atoms with E-state index >= 15 is 0 Å². The molecule has 1 amide bonds. The lowest BCUT2D eigenvalue weighted by Gasteiger charge is -2.22. The van der Waals surface area contributed by atoms with Gasteiger partial charge in [0.1, 0.15) is 0 Å². The Morgan fingerprint density at radius 2 is 2.07 bits per heavy atom. The summed E-state index contributed by atoms with van der Waals surface area (Å²) in [6, 6.07) is 9.58. The second-order valence-corrected chi connectivity index (χ2v) is 8.89. The molecule has 2 unspecified atom stereocenters. The molecule has 152 valence electrons. The topological polar surface area (TPSA) is 98.5 Å². The van der Waals surface area contributed by atoms with Gasteiger partial charge in [0.05, 0.1) is 33.3 Å². The fourth-order valence-electron chi connectivity index (χ4n) is 5.08. The summed E-state index contributed by atoms with van der Waals surface area (Å²) in [7, 11) is 0. The second-order valence-electron chi connectivity index (χ2n) is 8.49. The Kier molecular flexibility index (Phi) is 3.99. The number of carbonyl (C=O) groups is 1. The number of carbonyl (C=O) groups excluding carboxylic acids is 1. The summed E-state index contributed by atoms with van der Waals surface area (Å²) in [5.41, 5.74) is 3.47. The standard InChI is InChI=1S/C22H21ClN6O/c23-16-9-20-19(27-22(28-20)26-17-6-11-1-2-12(17)5-11)8-15(16)21(30)25-14-4-3-13-10-24-29-18(13)7-14/h3-4,7-12,17H,1-2,5-6H2,(H,24,29)(H,25,30)(H2,26,27,28)/t11?,12?,17-/m0/s1. The molecule has 0 aliphatic heterocycles. The van der Waals surface area contributed by atoms with Gasteiger partial charge < -0.3 is 15.6 Å². The second kappa shape index (κ2) is 6.74. The molecule has 2 aromatic heterocycles. The van der Waals surface area contributed by atoms with Gasteiger partial charge in [0.15, 0.2) is 0 Å². The molecule has 0 spiro atoms. The lowest BCUT2D eigenvalue weighted by molar-refractivity contribution is 0.102. The molecule has 0 radical (unpaired) electrons. The largest absolute Gasteiger partial charge is 0.353 e. The maximum atomic E-state index is 12.9. The molecule has 7 nitrogen and oxygen atoms in total. The Bertz CT molecular complexity index is 1280. The highest BCUT2D eigenvalue weighted by atomic mass is 35.5. The molecule has 6 rings (SSSR count). The Morgan fingerprint density at radius 1 is 1.13 bits per heavy atom. The van der Waals surface area contributed by atoms with Crippen molar-refractivity contribution in [2.45, 2.75) is 31.7 Å². The van der Waals surface area contributed by atoms with Gasteiger partial charge in [0.25, 0.3) is 5.91 Å². The van der Waals surface area contributed by atoms with Crippen LogP contribution in [0.1, 0.15) is 36.0 Å². The van der Waals surface area contributed by atoms with E-state index in [-0.39, 0.29) is 5.91 Å². The van der Waals surface area contributed by atoms with Gasteiger partial charge in [-0.15, -0.1) is 0 Å². The molecule has 8 heteroatoms. The van der Waals surface area contributed by atoms with Crippen molar-refractivity contribution in [1.29, 1.82) is 0 Å². The highest BCUT2D eigenvalue weighted by molar-refractivity contribution is 6.35. The van der Waals surface area contributed by atoms with Crippen molar-refractivity contribution in [3.63, 3.8) is 0 Å². The van der Waals surface area contributed by atoms with Gasteiger partial charge in [-0.2, -0.15) is 5.10 Å². The Labute approximate surface area is 177 Å². The minimum absolute atomic E-state index is 0.272. The maximum absolute atomic E-state index is 12.9. The Hall–Kier alpha value is -3.06. The summed E-state index contributed by atoms with van der Waals surface area (Å²) in [5.74, 6) is 2.09. The van der Waals surface area contributed by atoms with E-state index in [0.717, 1.165) is 39.7 Å². The molecule has 2 bridgehead atoms. The normalized spacial score (nSPS) is 22.8. The van der Waals surface area contributed by atoms with E-state index < -0.39 is 0 Å². The molecular weight excluding hydrogens is 400 g/mol. The summed E-state index contributed by atoms with van der Waals surface area (Å²) >= 11 is 6.43. The molecule has 2 heterocycles. The van der Waals surface area contributed by atoms with Gasteiger partial charge in [-0.25, -0.2) is 4.98 Å². The van der Waals surface area contributed by atoms with Crippen LogP contribution in [0.2, 0.25) is 5.02 Å². The number of imidazole rings is 1. The van der Waals surface area contributed by atoms with E-state index in [0.29, 0.717) is 22.3 Å². The number of halogens is 1. The number of fused-ring (bicyclic) bond motifs is 4. The highest BCUT2D eigenvalue weighted by Gasteiger charge is 2.39. The average molecular weight is 421 g/mol. The first kappa shape index (κ1) is 17.8. The molecule has 2 aliphatic rings. The molecule has 3 atom stereocenters. The van der Waals surface area contributed by atoms with Crippen molar-refractivity contribution in [2.24, 2.45) is 11.8 Å². The number of anilines is 2. The number of amides is 1. The first-order valence-corrected chi connectivity index (χ1v) is 10.7. The van der Waals surface area contributed by atoms with E-state index in [1.165, 1.54) is 25.7 Å². The van der Waals surface area contributed by atoms with Crippen molar-refractivity contribution in [3.8, 4) is 0 Å². The summed E-state index contributed by atoms with van der Waals surface area (Å²) in [4.78, 5) is 20.8. The van der Waals surface area contributed by atoms with Crippen LogP contribution < -0.4 is 10.6 Å². The van der Waals surface area contributed by atoms with Crippen molar-refractivity contribution < 1.29 is 4.79 Å². The number of rotatable bonds is 4. The zero-order chi connectivity index (χ0) is 20.2. The van der Waals surface area contributed by atoms with Gasteiger partial charge in [-0.1, -0.05) is 18.0 Å². The van der Waals surface area contributed by atoms with Crippen LogP contribution in [0.3, 0.4) is 0 Å². The van der Waals surface area contributed by atoms with Crippen molar-refractivity contribution in [2.75, 3.05) is 10.6 Å². The Morgan fingerprint density at radius 3 is 2.90 bits per heavy atom. The number of aromatic nitrogens is 4. The summed E-state index contributed by atoms with van der Waals surface area (Å²) in [6.07, 6.45) is 6.97. The van der Waals surface area contributed by atoms with Crippen molar-refractivity contribution >= 4 is 51.1 Å². The SMILES string of the molecule is O=C(Nc1ccc2cn[nH]c2c1)c1cc2nc(N[C@H]3CC4CCC3C4)[nH]c2cc1Cl. The Balaban J connectivity index is 1.24. The van der Waals surface area contributed by atoms with Crippen LogP contribution in [0.25, 0.3) is 21.9 Å². The predicted octanol–water partition coefficient (Wildman–Crippen LogP) is 4.95. The van der Waals surface area contributed by atoms with Crippen molar-refractivity contribution in [3.05, 3.63) is 47.1 Å². The zero-order valence-corrected chi connectivity index (χ0v) is 17.0. The number of hydrogen-bond acceptors (Lipinski definition) is 4. The number of aromatic amines is 2. The molecule has 0 saturated heterocycles. The first-order chi connectivity index (χ1) is 14.6. The van der Waals surface area contributed by atoms with Gasteiger partial charge in [-0.3, -0.25) is 9.89 Å². The quantitative estimate of drug-likeness (QED) is 0.375. The van der Waals surface area contributed by atoms with Gasteiger partial charge >= 0.3 is 0 Å². The number of hydrogen-bond donors (Lipinski definition) is 4. The van der Waals surface area contributed by atoms with Crippen LogP contribution in [-0.2, 0) is 0 Å². The molecule has 2 aliphatic carbocycles. The molecular formula is C22H21ClN6O. The molecule has 2 fully saturated rings. The summed E-state index contributed by atoms with van der Waals surface area (Å²) < 4.78 is 0. The van der Waals surface area contributed by atoms with Crippen LogP contribution >= 0.6 is 11.6 Å². The summed E-state index contributed by atoms with van der Waals surface area (Å²) in [5, 5.41) is 14.7. The number of benzene rings is 2. The van der Waals surface area contributed by atoms with E-state index in [2.05, 4.69) is 30.8 Å². The number of H-pyrrole nitrogens is 2.